The van der Waals surface area contributed by atoms with E-state index in [0.717, 1.165) is 35.7 Å². The van der Waals surface area contributed by atoms with Gasteiger partial charge in [-0.1, -0.05) is 17.7 Å². The molecule has 2 fully saturated rings. The van der Waals surface area contributed by atoms with E-state index in [0.29, 0.717) is 5.02 Å². The van der Waals surface area contributed by atoms with Crippen LogP contribution < -0.4 is 5.32 Å². The molecule has 0 bridgehead atoms. The fraction of sp³-hybridized carbons (Fsp3) is 0.312. The van der Waals surface area contributed by atoms with Gasteiger partial charge in [-0.25, -0.2) is 4.79 Å². The lowest BCUT2D eigenvalue weighted by molar-refractivity contribution is -0.134. The fourth-order valence-corrected chi connectivity index (χ4v) is 3.40. The van der Waals surface area contributed by atoms with Gasteiger partial charge in [-0.3, -0.25) is 14.7 Å². The number of carbonyl (C=O) groups excluding carboxylic acids is 2. The second-order valence-electron chi connectivity index (χ2n) is 5.86. The van der Waals surface area contributed by atoms with Crippen LogP contribution in [0.5, 0.6) is 0 Å². The summed E-state index contributed by atoms with van der Waals surface area (Å²) in [5.41, 5.74) is 0.900. The van der Waals surface area contributed by atoms with Gasteiger partial charge in [-0.2, -0.15) is 0 Å². The van der Waals surface area contributed by atoms with Crippen molar-refractivity contribution >= 4 is 34.4 Å². The molecule has 22 heavy (non-hydrogen) atoms. The topological polar surface area (TPSA) is 62.3 Å². The van der Waals surface area contributed by atoms with Crippen LogP contribution in [0.25, 0.3) is 10.9 Å². The molecule has 1 spiro atoms. The first-order chi connectivity index (χ1) is 10.6. The Balaban J connectivity index is 1.71. The Labute approximate surface area is 132 Å². The van der Waals surface area contributed by atoms with Gasteiger partial charge >= 0.3 is 6.03 Å². The van der Waals surface area contributed by atoms with Crippen molar-refractivity contribution in [1.29, 1.82) is 0 Å². The Hall–Kier alpha value is -2.14. The fourth-order valence-electron chi connectivity index (χ4n) is 3.18. The molecule has 2 aliphatic rings. The van der Waals surface area contributed by atoms with Crippen LogP contribution in [0.1, 0.15) is 24.8 Å². The third-order valence-corrected chi connectivity index (χ3v) is 4.91. The van der Waals surface area contributed by atoms with Gasteiger partial charge in [-0.15, -0.1) is 0 Å². The number of fused-ring (bicyclic) bond motifs is 1. The highest BCUT2D eigenvalue weighted by Gasteiger charge is 2.54. The zero-order valence-corrected chi connectivity index (χ0v) is 12.6. The molecule has 1 N–H and O–H groups in total. The molecule has 6 heteroatoms. The van der Waals surface area contributed by atoms with Gasteiger partial charge in [0.25, 0.3) is 5.91 Å². The van der Waals surface area contributed by atoms with Crippen LogP contribution in [0.3, 0.4) is 0 Å². The molecule has 0 radical (unpaired) electrons. The van der Waals surface area contributed by atoms with Gasteiger partial charge in [-0.05, 0) is 43.0 Å². The number of benzene rings is 1. The number of rotatable bonds is 2. The molecule has 5 nitrogen and oxygen atoms in total. The number of aromatic nitrogens is 1. The highest BCUT2D eigenvalue weighted by molar-refractivity contribution is 6.35. The number of hydrogen-bond donors (Lipinski definition) is 1. The maximum Gasteiger partial charge on any atom is 0.325 e. The number of imide groups is 1. The molecule has 1 aromatic carbocycles. The third-order valence-electron chi connectivity index (χ3n) is 4.58. The zero-order chi connectivity index (χ0) is 15.3. The lowest BCUT2D eigenvalue weighted by atomic mass is 9.77. The van der Waals surface area contributed by atoms with E-state index >= 15 is 0 Å². The van der Waals surface area contributed by atoms with E-state index in [4.69, 9.17) is 11.6 Å². The largest absolute Gasteiger partial charge is 0.325 e. The quantitative estimate of drug-likeness (QED) is 0.867. The van der Waals surface area contributed by atoms with Crippen molar-refractivity contribution in [2.75, 3.05) is 0 Å². The van der Waals surface area contributed by atoms with Crippen LogP contribution in [0.15, 0.2) is 30.5 Å². The summed E-state index contributed by atoms with van der Waals surface area (Å²) in [4.78, 5) is 30.3. The standard InChI is InChI=1S/C16H14ClN3O2/c17-12-5-4-10(13-11(12)3-1-8-18-13)9-20-14(21)16(6-2-7-16)19-15(20)22/h1,3-5,8H,2,6-7,9H2,(H,19,22). The van der Waals surface area contributed by atoms with E-state index in [1.54, 1.807) is 12.3 Å². The summed E-state index contributed by atoms with van der Waals surface area (Å²) in [5, 5.41) is 4.27. The molecule has 112 valence electrons. The molecule has 0 atom stereocenters. The Morgan fingerprint density at radius 2 is 2.09 bits per heavy atom. The Bertz CT molecular complexity index is 801. The molecule has 3 amide bonds. The Morgan fingerprint density at radius 3 is 2.77 bits per heavy atom. The zero-order valence-electron chi connectivity index (χ0n) is 11.8. The summed E-state index contributed by atoms with van der Waals surface area (Å²) in [7, 11) is 0. The summed E-state index contributed by atoms with van der Waals surface area (Å²) in [6.45, 7) is 0.219. The minimum atomic E-state index is -0.646. The average Bonchev–Trinajstić information content (AvgIpc) is 2.74. The summed E-state index contributed by atoms with van der Waals surface area (Å²) < 4.78 is 0. The number of nitrogens with one attached hydrogen (secondary N) is 1. The van der Waals surface area contributed by atoms with Crippen LogP contribution in [0.4, 0.5) is 4.79 Å². The van der Waals surface area contributed by atoms with Crippen molar-refractivity contribution in [1.82, 2.24) is 15.2 Å². The van der Waals surface area contributed by atoms with Crippen molar-refractivity contribution in [3.05, 3.63) is 41.0 Å². The molecular weight excluding hydrogens is 302 g/mol. The van der Waals surface area contributed by atoms with Crippen LogP contribution in [0.2, 0.25) is 5.02 Å². The lowest BCUT2D eigenvalue weighted by Gasteiger charge is -2.34. The summed E-state index contributed by atoms with van der Waals surface area (Å²) in [6, 6.07) is 6.98. The van der Waals surface area contributed by atoms with Gasteiger partial charge in [0.1, 0.15) is 5.54 Å². The molecule has 1 saturated carbocycles. The molecule has 4 rings (SSSR count). The predicted octanol–water partition coefficient (Wildman–Crippen LogP) is 2.86. The predicted molar refractivity (Wildman–Crippen MR) is 82.4 cm³/mol. The molecule has 1 aliphatic heterocycles. The SMILES string of the molecule is O=C1NC2(CCC2)C(=O)N1Cc1ccc(Cl)c2cccnc12. The van der Waals surface area contributed by atoms with E-state index < -0.39 is 5.54 Å². The van der Waals surface area contributed by atoms with Crippen LogP contribution in [-0.4, -0.2) is 27.4 Å². The second kappa shape index (κ2) is 4.68. The third kappa shape index (κ3) is 1.82. The number of amides is 3. The molecule has 1 saturated heterocycles. The van der Waals surface area contributed by atoms with E-state index in [9.17, 15) is 9.59 Å². The first kappa shape index (κ1) is 13.5. The van der Waals surface area contributed by atoms with Crippen molar-refractivity contribution in [3.63, 3.8) is 0 Å². The normalized spacial score (nSPS) is 19.6. The molecule has 1 aromatic heterocycles. The number of carbonyl (C=O) groups is 2. The van der Waals surface area contributed by atoms with Crippen LogP contribution in [0, 0.1) is 0 Å². The van der Waals surface area contributed by atoms with Crippen molar-refractivity contribution in [2.45, 2.75) is 31.3 Å². The molecule has 2 aromatic rings. The van der Waals surface area contributed by atoms with Gasteiger partial charge in [0.05, 0.1) is 12.1 Å². The van der Waals surface area contributed by atoms with Crippen LogP contribution >= 0.6 is 11.6 Å². The lowest BCUT2D eigenvalue weighted by Crippen LogP contribution is -2.52. The van der Waals surface area contributed by atoms with Crippen molar-refractivity contribution in [2.24, 2.45) is 0 Å². The first-order valence-corrected chi connectivity index (χ1v) is 7.65. The minimum absolute atomic E-state index is 0.122. The van der Waals surface area contributed by atoms with Gasteiger partial charge in [0.15, 0.2) is 0 Å². The maximum atomic E-state index is 12.5. The summed E-state index contributed by atoms with van der Waals surface area (Å²) in [5.74, 6) is -0.122. The Kier molecular flexibility index (Phi) is 2.87. The van der Waals surface area contributed by atoms with Gasteiger partial charge in [0.2, 0.25) is 0 Å². The molecule has 2 heterocycles. The second-order valence-corrected chi connectivity index (χ2v) is 6.27. The monoisotopic (exact) mass is 315 g/mol. The molecule has 0 unspecified atom stereocenters. The highest BCUT2D eigenvalue weighted by atomic mass is 35.5. The van der Waals surface area contributed by atoms with Crippen LogP contribution in [-0.2, 0) is 11.3 Å². The number of hydrogen-bond acceptors (Lipinski definition) is 3. The average molecular weight is 316 g/mol. The van der Waals surface area contributed by atoms with E-state index in [1.165, 1.54) is 4.90 Å². The van der Waals surface area contributed by atoms with Gasteiger partial charge in [0, 0.05) is 16.6 Å². The highest BCUT2D eigenvalue weighted by Crippen LogP contribution is 2.38. The van der Waals surface area contributed by atoms with Crippen molar-refractivity contribution < 1.29 is 9.59 Å². The molecular formula is C16H14ClN3O2. The van der Waals surface area contributed by atoms with E-state index in [-0.39, 0.29) is 18.5 Å². The summed E-state index contributed by atoms with van der Waals surface area (Å²) in [6.07, 6.45) is 4.12. The van der Waals surface area contributed by atoms with Crippen molar-refractivity contribution in [3.8, 4) is 0 Å². The first-order valence-electron chi connectivity index (χ1n) is 7.27. The van der Waals surface area contributed by atoms with E-state index in [2.05, 4.69) is 10.3 Å². The number of nitrogens with zero attached hydrogens (tertiary/aromatic N) is 2. The smallest absolute Gasteiger partial charge is 0.323 e. The molecule has 1 aliphatic carbocycles. The number of urea groups is 1. The minimum Gasteiger partial charge on any atom is -0.323 e. The number of halogens is 1. The maximum absolute atomic E-state index is 12.5. The van der Waals surface area contributed by atoms with E-state index in [1.807, 2.05) is 18.2 Å². The van der Waals surface area contributed by atoms with Gasteiger partial charge < -0.3 is 5.32 Å². The Morgan fingerprint density at radius 1 is 1.27 bits per heavy atom. The summed E-state index contributed by atoms with van der Waals surface area (Å²) >= 11 is 6.18. The number of pyridine rings is 1.